The van der Waals surface area contributed by atoms with E-state index in [2.05, 4.69) is 0 Å². The first kappa shape index (κ1) is 10.7. The Labute approximate surface area is 88.7 Å². The Morgan fingerprint density at radius 2 is 1.88 bits per heavy atom. The van der Waals surface area contributed by atoms with Gasteiger partial charge in [0.25, 0.3) is 0 Å². The second-order valence-electron chi connectivity index (χ2n) is 3.40. The molecule has 0 aromatic heterocycles. The summed E-state index contributed by atoms with van der Waals surface area (Å²) in [5, 5.41) is 0. The Morgan fingerprint density at radius 3 is 2.56 bits per heavy atom. The second kappa shape index (κ2) is 3.66. The summed E-state index contributed by atoms with van der Waals surface area (Å²) in [5.74, 6) is 0. The zero-order valence-electron chi connectivity index (χ0n) is 8.04. The molecule has 84 valence electrons. The standard InChI is InChI=1S/C11H7F3O2/c12-11(13,14)5-7-1-2-10(15)9-6-16-4-3-8(7)9/h1-4,6H,5H2. The molecule has 0 spiro atoms. The molecule has 2 nitrogen and oxygen atoms in total. The molecule has 5 heteroatoms. The third-order valence-electron chi connectivity index (χ3n) is 2.23. The zero-order valence-corrected chi connectivity index (χ0v) is 8.04. The summed E-state index contributed by atoms with van der Waals surface area (Å²) >= 11 is 0. The number of fused-ring (bicyclic) bond motifs is 1. The van der Waals surface area contributed by atoms with Crippen molar-refractivity contribution in [1.29, 1.82) is 0 Å². The van der Waals surface area contributed by atoms with Gasteiger partial charge in [-0.3, -0.25) is 4.79 Å². The highest BCUT2D eigenvalue weighted by Crippen LogP contribution is 2.28. The molecule has 2 aliphatic rings. The highest BCUT2D eigenvalue weighted by molar-refractivity contribution is 5.67. The van der Waals surface area contributed by atoms with E-state index in [-0.39, 0.29) is 22.1 Å². The molecule has 1 aliphatic carbocycles. The van der Waals surface area contributed by atoms with Crippen molar-refractivity contribution in [2.24, 2.45) is 0 Å². The van der Waals surface area contributed by atoms with E-state index in [9.17, 15) is 18.0 Å². The largest absolute Gasteiger partial charge is 0.472 e. The Kier molecular flexibility index (Phi) is 2.46. The molecule has 0 bridgehead atoms. The van der Waals surface area contributed by atoms with Crippen molar-refractivity contribution in [2.45, 2.75) is 12.6 Å². The van der Waals surface area contributed by atoms with Gasteiger partial charge in [0.1, 0.15) is 6.26 Å². The van der Waals surface area contributed by atoms with Gasteiger partial charge in [-0.25, -0.2) is 0 Å². The van der Waals surface area contributed by atoms with Crippen LogP contribution in [-0.2, 0) is 6.42 Å². The molecule has 0 unspecified atom stereocenters. The molecule has 0 radical (unpaired) electrons. The lowest BCUT2D eigenvalue weighted by molar-refractivity contribution is -0.127. The summed E-state index contributed by atoms with van der Waals surface area (Å²) in [5.41, 5.74) is 0.198. The van der Waals surface area contributed by atoms with E-state index in [4.69, 9.17) is 4.42 Å². The van der Waals surface area contributed by atoms with Gasteiger partial charge in [-0.15, -0.1) is 0 Å². The van der Waals surface area contributed by atoms with Crippen LogP contribution in [0.25, 0.3) is 11.1 Å². The molecule has 0 fully saturated rings. The Balaban J connectivity index is 2.57. The molecule has 0 N–H and O–H groups in total. The predicted octanol–water partition coefficient (Wildman–Crippen LogP) is 2.85. The number of rotatable bonds is 1. The molecule has 1 aliphatic heterocycles. The van der Waals surface area contributed by atoms with Crippen LogP contribution in [0.15, 0.2) is 39.9 Å². The maximum Gasteiger partial charge on any atom is 0.393 e. The van der Waals surface area contributed by atoms with Gasteiger partial charge in [0, 0.05) is 0 Å². The molecule has 0 saturated carbocycles. The molecular formula is C11H7F3O2. The lowest BCUT2D eigenvalue weighted by Gasteiger charge is -2.11. The van der Waals surface area contributed by atoms with E-state index < -0.39 is 12.6 Å². The van der Waals surface area contributed by atoms with E-state index in [1.807, 2.05) is 0 Å². The average molecular weight is 228 g/mol. The second-order valence-corrected chi connectivity index (χ2v) is 3.40. The van der Waals surface area contributed by atoms with Crippen LogP contribution in [0.1, 0.15) is 5.56 Å². The van der Waals surface area contributed by atoms with E-state index in [1.54, 1.807) is 0 Å². The first-order valence-electron chi connectivity index (χ1n) is 4.52. The van der Waals surface area contributed by atoms with Gasteiger partial charge in [0.15, 0.2) is 5.43 Å². The molecule has 0 atom stereocenters. The normalized spacial score (nSPS) is 11.9. The fraction of sp³-hybridized carbons (Fsp3) is 0.182. The molecular weight excluding hydrogens is 221 g/mol. The van der Waals surface area contributed by atoms with Crippen LogP contribution in [-0.4, -0.2) is 6.18 Å². The van der Waals surface area contributed by atoms with E-state index in [1.165, 1.54) is 18.4 Å². The van der Waals surface area contributed by atoms with E-state index in [0.717, 1.165) is 12.3 Å². The van der Waals surface area contributed by atoms with Gasteiger partial charge < -0.3 is 4.42 Å². The van der Waals surface area contributed by atoms with Crippen molar-refractivity contribution in [2.75, 3.05) is 0 Å². The van der Waals surface area contributed by atoms with Crippen LogP contribution in [0, 0.1) is 0 Å². The first-order valence-corrected chi connectivity index (χ1v) is 4.52. The van der Waals surface area contributed by atoms with Crippen LogP contribution < -0.4 is 5.43 Å². The van der Waals surface area contributed by atoms with Crippen LogP contribution in [0.5, 0.6) is 0 Å². The topological polar surface area (TPSA) is 30.2 Å². The molecule has 0 aromatic rings. The van der Waals surface area contributed by atoms with E-state index in [0.29, 0.717) is 0 Å². The van der Waals surface area contributed by atoms with Gasteiger partial charge in [0.2, 0.25) is 0 Å². The summed E-state index contributed by atoms with van der Waals surface area (Å²) < 4.78 is 41.6. The van der Waals surface area contributed by atoms with Gasteiger partial charge in [0.05, 0.1) is 18.2 Å². The molecule has 1 heterocycles. The summed E-state index contributed by atoms with van der Waals surface area (Å²) in [6.07, 6.45) is -2.92. The van der Waals surface area contributed by atoms with Crippen molar-refractivity contribution in [3.05, 3.63) is 46.5 Å². The summed E-state index contributed by atoms with van der Waals surface area (Å²) in [6, 6.07) is 3.70. The minimum absolute atomic E-state index is 0.0814. The highest BCUT2D eigenvalue weighted by Gasteiger charge is 2.29. The lowest BCUT2D eigenvalue weighted by Crippen LogP contribution is -2.15. The van der Waals surface area contributed by atoms with Gasteiger partial charge in [-0.05, 0) is 23.3 Å². The molecule has 0 amide bonds. The number of benzene rings is 1. The number of halogens is 3. The summed E-state index contributed by atoms with van der Waals surface area (Å²) in [7, 11) is 0. The Hall–Kier alpha value is -1.78. The van der Waals surface area contributed by atoms with Gasteiger partial charge in [-0.2, -0.15) is 13.2 Å². The molecule has 16 heavy (non-hydrogen) atoms. The van der Waals surface area contributed by atoms with Crippen LogP contribution in [0.3, 0.4) is 0 Å². The van der Waals surface area contributed by atoms with Crippen molar-refractivity contribution in [1.82, 2.24) is 0 Å². The number of hydrogen-bond donors (Lipinski definition) is 0. The molecule has 0 saturated heterocycles. The first-order chi connectivity index (χ1) is 7.47. The van der Waals surface area contributed by atoms with Crippen molar-refractivity contribution < 1.29 is 17.6 Å². The summed E-state index contributed by atoms with van der Waals surface area (Å²) in [4.78, 5) is 11.4. The van der Waals surface area contributed by atoms with Crippen LogP contribution in [0.4, 0.5) is 13.2 Å². The third-order valence-corrected chi connectivity index (χ3v) is 2.23. The highest BCUT2D eigenvalue weighted by atomic mass is 19.4. The average Bonchev–Trinajstić information content (AvgIpc) is 2.21. The summed E-state index contributed by atoms with van der Waals surface area (Å²) in [6.45, 7) is 0. The molecule has 0 aromatic carbocycles. The number of alkyl halides is 3. The quantitative estimate of drug-likeness (QED) is 0.751. The van der Waals surface area contributed by atoms with Crippen LogP contribution >= 0.6 is 0 Å². The monoisotopic (exact) mass is 228 g/mol. The maximum absolute atomic E-state index is 12.3. The van der Waals surface area contributed by atoms with Crippen molar-refractivity contribution in [3.8, 4) is 11.1 Å². The van der Waals surface area contributed by atoms with Crippen molar-refractivity contribution in [3.63, 3.8) is 0 Å². The minimum atomic E-state index is -4.29. The number of hydrogen-bond acceptors (Lipinski definition) is 2. The van der Waals surface area contributed by atoms with Crippen LogP contribution in [0.2, 0.25) is 0 Å². The van der Waals surface area contributed by atoms with Gasteiger partial charge >= 0.3 is 6.18 Å². The van der Waals surface area contributed by atoms with E-state index >= 15 is 0 Å². The minimum Gasteiger partial charge on any atom is -0.472 e. The Bertz CT molecular complexity index is 528. The fourth-order valence-electron chi connectivity index (χ4n) is 1.56. The maximum atomic E-state index is 12.3. The fourth-order valence-corrected chi connectivity index (χ4v) is 1.56. The van der Waals surface area contributed by atoms with Gasteiger partial charge in [-0.1, -0.05) is 6.07 Å². The molecule has 2 rings (SSSR count). The smallest absolute Gasteiger partial charge is 0.393 e. The lowest BCUT2D eigenvalue weighted by atomic mass is 9.98. The third kappa shape index (κ3) is 2.08. The zero-order chi connectivity index (χ0) is 11.8. The van der Waals surface area contributed by atoms with Crippen molar-refractivity contribution >= 4 is 0 Å². The SMILES string of the molecule is O=c1ccc(CC(F)(F)F)c2ccocc1-2. The predicted molar refractivity (Wildman–Crippen MR) is 51.4 cm³/mol. The Morgan fingerprint density at radius 1 is 1.12 bits per heavy atom.